The molecular formula is C17H24N2O3. The summed E-state index contributed by atoms with van der Waals surface area (Å²) >= 11 is 0. The van der Waals surface area contributed by atoms with E-state index in [4.69, 9.17) is 4.74 Å². The van der Waals surface area contributed by atoms with E-state index in [1.165, 1.54) is 0 Å². The Morgan fingerprint density at radius 1 is 1.27 bits per heavy atom. The molecule has 3 rings (SSSR count). The summed E-state index contributed by atoms with van der Waals surface area (Å²) in [5, 5.41) is 0. The van der Waals surface area contributed by atoms with Crippen molar-refractivity contribution in [3.8, 4) is 0 Å². The summed E-state index contributed by atoms with van der Waals surface area (Å²) in [5.74, 6) is 0.475. The largest absolute Gasteiger partial charge is 0.381 e. The second kappa shape index (κ2) is 5.88. The van der Waals surface area contributed by atoms with Crippen LogP contribution in [0.3, 0.4) is 0 Å². The van der Waals surface area contributed by atoms with Crippen molar-refractivity contribution in [1.82, 2.24) is 9.88 Å². The molecule has 1 atom stereocenters. The molecule has 5 heteroatoms. The van der Waals surface area contributed by atoms with Crippen LogP contribution in [0.2, 0.25) is 0 Å². The number of aromatic amines is 1. The van der Waals surface area contributed by atoms with E-state index in [2.05, 4.69) is 4.98 Å². The third-order valence-electron chi connectivity index (χ3n) is 4.73. The number of hydrogen-bond donors (Lipinski definition) is 1. The highest BCUT2D eigenvalue weighted by atomic mass is 16.5. The second-order valence-electron chi connectivity index (χ2n) is 6.60. The van der Waals surface area contributed by atoms with E-state index < -0.39 is 0 Å². The van der Waals surface area contributed by atoms with Crippen LogP contribution in [-0.2, 0) is 4.74 Å². The molecule has 2 fully saturated rings. The van der Waals surface area contributed by atoms with E-state index in [1.54, 1.807) is 6.92 Å². The van der Waals surface area contributed by atoms with Crippen molar-refractivity contribution in [2.24, 2.45) is 5.92 Å². The number of aromatic nitrogens is 1. The van der Waals surface area contributed by atoms with Crippen LogP contribution in [0.25, 0.3) is 0 Å². The van der Waals surface area contributed by atoms with Crippen molar-refractivity contribution in [2.75, 3.05) is 19.8 Å². The van der Waals surface area contributed by atoms with Gasteiger partial charge < -0.3 is 14.6 Å². The molecule has 0 bridgehead atoms. The van der Waals surface area contributed by atoms with Gasteiger partial charge in [-0.2, -0.15) is 0 Å². The highest BCUT2D eigenvalue weighted by Crippen LogP contribution is 2.31. The maximum absolute atomic E-state index is 13.0. The van der Waals surface area contributed by atoms with Crippen LogP contribution in [0.1, 0.15) is 58.3 Å². The van der Waals surface area contributed by atoms with Crippen LogP contribution >= 0.6 is 0 Å². The fraction of sp³-hybridized carbons (Fsp3) is 0.647. The summed E-state index contributed by atoms with van der Waals surface area (Å²) in [7, 11) is 0. The number of ether oxygens (including phenoxy) is 1. The number of aryl methyl sites for hydroxylation is 1. The first-order valence-corrected chi connectivity index (χ1v) is 8.07. The summed E-state index contributed by atoms with van der Waals surface area (Å²) < 4.78 is 5.43. The van der Waals surface area contributed by atoms with Gasteiger partial charge in [0.15, 0.2) is 5.78 Å². The fourth-order valence-corrected chi connectivity index (χ4v) is 3.43. The number of rotatable bonds is 5. The van der Waals surface area contributed by atoms with Gasteiger partial charge in [-0.05, 0) is 45.6 Å². The summed E-state index contributed by atoms with van der Waals surface area (Å²) in [4.78, 5) is 29.8. The average Bonchev–Trinajstić information content (AvgIpc) is 3.08. The summed E-state index contributed by atoms with van der Waals surface area (Å²) in [5.41, 5.74) is 2.80. The third kappa shape index (κ3) is 2.82. The Bertz CT molecular complexity index is 595. The first kappa shape index (κ1) is 15.3. The van der Waals surface area contributed by atoms with E-state index >= 15 is 0 Å². The van der Waals surface area contributed by atoms with Gasteiger partial charge in [0.2, 0.25) is 0 Å². The molecule has 22 heavy (non-hydrogen) atoms. The first-order chi connectivity index (χ1) is 10.5. The second-order valence-corrected chi connectivity index (χ2v) is 6.60. The van der Waals surface area contributed by atoms with Gasteiger partial charge >= 0.3 is 0 Å². The van der Waals surface area contributed by atoms with Crippen LogP contribution < -0.4 is 0 Å². The Labute approximate surface area is 131 Å². The number of nitrogens with one attached hydrogen (secondary N) is 1. The molecule has 1 aliphatic heterocycles. The summed E-state index contributed by atoms with van der Waals surface area (Å²) in [6.45, 7) is 7.57. The lowest BCUT2D eigenvalue weighted by Crippen LogP contribution is -2.38. The third-order valence-corrected chi connectivity index (χ3v) is 4.73. The number of Topliss-reactive ketones (excluding diaryl/α,β-unsaturated/α-hetero) is 1. The van der Waals surface area contributed by atoms with Gasteiger partial charge in [0.05, 0.1) is 6.61 Å². The normalized spacial score (nSPS) is 21.1. The topological polar surface area (TPSA) is 62.4 Å². The predicted molar refractivity (Wildman–Crippen MR) is 83.3 cm³/mol. The van der Waals surface area contributed by atoms with Crippen LogP contribution in [0, 0.1) is 19.8 Å². The quantitative estimate of drug-likeness (QED) is 0.850. The minimum absolute atomic E-state index is 0.00691. The molecular weight excluding hydrogens is 280 g/mol. The molecule has 2 heterocycles. The van der Waals surface area contributed by atoms with Crippen molar-refractivity contribution < 1.29 is 14.3 Å². The Morgan fingerprint density at radius 2 is 2.00 bits per heavy atom. The minimum Gasteiger partial charge on any atom is -0.381 e. The Kier molecular flexibility index (Phi) is 4.08. The van der Waals surface area contributed by atoms with Gasteiger partial charge in [0, 0.05) is 36.4 Å². The molecule has 0 radical (unpaired) electrons. The Morgan fingerprint density at radius 3 is 2.50 bits per heavy atom. The number of hydrogen-bond acceptors (Lipinski definition) is 3. The number of nitrogens with zero attached hydrogens (tertiary/aromatic N) is 1. The summed E-state index contributed by atoms with van der Waals surface area (Å²) in [6, 6.07) is 0.358. The summed E-state index contributed by atoms with van der Waals surface area (Å²) in [6.07, 6.45) is 3.19. The molecule has 1 unspecified atom stereocenters. The van der Waals surface area contributed by atoms with E-state index in [0.717, 1.165) is 50.3 Å². The maximum Gasteiger partial charge on any atom is 0.270 e. The van der Waals surface area contributed by atoms with Crippen molar-refractivity contribution in [3.05, 3.63) is 22.5 Å². The maximum atomic E-state index is 13.0. The van der Waals surface area contributed by atoms with E-state index in [9.17, 15) is 9.59 Å². The number of ketones is 1. The van der Waals surface area contributed by atoms with Crippen molar-refractivity contribution in [2.45, 2.75) is 46.1 Å². The molecule has 120 valence electrons. The molecule has 1 amide bonds. The number of carbonyl (C=O) groups is 2. The molecule has 0 spiro atoms. The lowest BCUT2D eigenvalue weighted by atomic mass is 10.1. The number of amides is 1. The lowest BCUT2D eigenvalue weighted by Gasteiger charge is -2.25. The molecule has 0 aromatic carbocycles. The molecule has 1 saturated carbocycles. The van der Waals surface area contributed by atoms with E-state index in [1.807, 2.05) is 18.7 Å². The zero-order valence-corrected chi connectivity index (χ0v) is 13.6. The Hall–Kier alpha value is -1.62. The predicted octanol–water partition coefficient (Wildman–Crippen LogP) is 2.48. The molecule has 1 N–H and O–H groups in total. The monoisotopic (exact) mass is 304 g/mol. The van der Waals surface area contributed by atoms with Crippen molar-refractivity contribution >= 4 is 11.7 Å². The fourth-order valence-electron chi connectivity index (χ4n) is 3.43. The van der Waals surface area contributed by atoms with Gasteiger partial charge in [0.1, 0.15) is 5.69 Å². The highest BCUT2D eigenvalue weighted by molar-refractivity contribution is 6.02. The SMILES string of the molecule is CC(=O)c1c(C)[nH]c(C(=O)N(CC2CCOC2)C2CC2)c1C. The van der Waals surface area contributed by atoms with Crippen LogP contribution in [0.4, 0.5) is 0 Å². The lowest BCUT2D eigenvalue weighted by molar-refractivity contribution is 0.0700. The van der Waals surface area contributed by atoms with Crippen molar-refractivity contribution in [1.29, 1.82) is 0 Å². The molecule has 1 aromatic rings. The zero-order chi connectivity index (χ0) is 15.9. The van der Waals surface area contributed by atoms with Crippen LogP contribution in [-0.4, -0.2) is 47.4 Å². The highest BCUT2D eigenvalue weighted by Gasteiger charge is 2.36. The molecule has 1 saturated heterocycles. The van der Waals surface area contributed by atoms with Crippen LogP contribution in [0.15, 0.2) is 0 Å². The van der Waals surface area contributed by atoms with E-state index in [-0.39, 0.29) is 11.7 Å². The first-order valence-electron chi connectivity index (χ1n) is 8.07. The van der Waals surface area contributed by atoms with E-state index in [0.29, 0.717) is 23.2 Å². The minimum atomic E-state index is 0.00691. The van der Waals surface area contributed by atoms with Crippen molar-refractivity contribution in [3.63, 3.8) is 0 Å². The molecule has 2 aliphatic rings. The van der Waals surface area contributed by atoms with Crippen LogP contribution in [0.5, 0.6) is 0 Å². The van der Waals surface area contributed by atoms with Gasteiger partial charge in [0.25, 0.3) is 5.91 Å². The molecule has 1 aliphatic carbocycles. The Balaban J connectivity index is 1.84. The van der Waals surface area contributed by atoms with Gasteiger partial charge in [-0.3, -0.25) is 9.59 Å². The van der Waals surface area contributed by atoms with Gasteiger partial charge in [-0.1, -0.05) is 0 Å². The zero-order valence-electron chi connectivity index (χ0n) is 13.6. The molecule has 5 nitrogen and oxygen atoms in total. The standard InChI is InChI=1S/C17H24N2O3/c1-10-15(12(3)20)11(2)18-16(10)17(21)19(14-4-5-14)8-13-6-7-22-9-13/h13-14,18H,4-9H2,1-3H3. The number of H-pyrrole nitrogens is 1. The smallest absolute Gasteiger partial charge is 0.270 e. The average molecular weight is 304 g/mol. The van der Waals surface area contributed by atoms with Gasteiger partial charge in [-0.15, -0.1) is 0 Å². The number of carbonyl (C=O) groups excluding carboxylic acids is 2. The molecule has 1 aromatic heterocycles. The van der Waals surface area contributed by atoms with Gasteiger partial charge in [-0.25, -0.2) is 0 Å².